The Kier molecular flexibility index (Phi) is 5.29. The smallest absolute Gasteiger partial charge is 0.238 e. The van der Waals surface area contributed by atoms with E-state index in [0.29, 0.717) is 17.8 Å². The van der Waals surface area contributed by atoms with E-state index in [0.717, 1.165) is 19.3 Å². The third-order valence-electron chi connectivity index (χ3n) is 4.84. The Bertz CT molecular complexity index is 768. The van der Waals surface area contributed by atoms with Gasteiger partial charge in [0.1, 0.15) is 0 Å². The van der Waals surface area contributed by atoms with Crippen molar-refractivity contribution in [1.29, 1.82) is 0 Å². The summed E-state index contributed by atoms with van der Waals surface area (Å²) >= 11 is 0. The van der Waals surface area contributed by atoms with Gasteiger partial charge < -0.3 is 5.32 Å². The van der Waals surface area contributed by atoms with Gasteiger partial charge in [0.2, 0.25) is 5.91 Å². The molecule has 0 aromatic heterocycles. The van der Waals surface area contributed by atoms with Crippen molar-refractivity contribution in [3.63, 3.8) is 0 Å². The van der Waals surface area contributed by atoms with Gasteiger partial charge in [-0.05, 0) is 68.6 Å². The van der Waals surface area contributed by atoms with Crippen LogP contribution in [0.3, 0.4) is 0 Å². The first-order valence-electron chi connectivity index (χ1n) is 8.73. The summed E-state index contributed by atoms with van der Waals surface area (Å²) in [5.41, 5.74) is 4.10. The number of benzene rings is 2. The van der Waals surface area contributed by atoms with Crippen LogP contribution >= 0.6 is 0 Å². The predicted octanol–water partition coefficient (Wildman–Crippen LogP) is 3.84. The van der Waals surface area contributed by atoms with E-state index in [1.807, 2.05) is 7.05 Å². The highest BCUT2D eigenvalue weighted by molar-refractivity contribution is 5.96. The Morgan fingerprint density at radius 3 is 2.56 bits per heavy atom. The molecule has 1 amide bonds. The summed E-state index contributed by atoms with van der Waals surface area (Å²) in [6, 6.07) is 15.8. The number of fused-ring (bicyclic) bond motifs is 1. The number of hydrogen-bond donors (Lipinski definition) is 1. The fourth-order valence-electron chi connectivity index (χ4n) is 3.51. The maximum atomic E-state index is 12.4. The molecule has 4 nitrogen and oxygen atoms in total. The number of Topliss-reactive ketones (excluding diaryl/α,β-unsaturated/α-hetero) is 1. The molecule has 4 heteroatoms. The van der Waals surface area contributed by atoms with Crippen molar-refractivity contribution in [2.75, 3.05) is 18.9 Å². The molecule has 0 bridgehead atoms. The van der Waals surface area contributed by atoms with Gasteiger partial charge in [0.05, 0.1) is 6.54 Å². The van der Waals surface area contributed by atoms with E-state index in [1.165, 1.54) is 18.1 Å². The summed E-state index contributed by atoms with van der Waals surface area (Å²) in [5, 5.41) is 2.91. The average molecular weight is 336 g/mol. The van der Waals surface area contributed by atoms with Crippen LogP contribution in [0.1, 0.15) is 47.3 Å². The fourth-order valence-corrected chi connectivity index (χ4v) is 3.51. The molecular formula is C21H24N2O2. The third-order valence-corrected chi connectivity index (χ3v) is 4.84. The SMILES string of the molecule is CC(=O)c1ccc(NC(=O)CN(C)[C@H]2CCCc3ccccc32)cc1. The summed E-state index contributed by atoms with van der Waals surface area (Å²) in [7, 11) is 2.01. The number of aryl methyl sites for hydroxylation is 1. The zero-order valence-electron chi connectivity index (χ0n) is 14.8. The van der Waals surface area contributed by atoms with Crippen LogP contribution in [0.5, 0.6) is 0 Å². The molecule has 130 valence electrons. The molecule has 0 saturated heterocycles. The van der Waals surface area contributed by atoms with Crippen molar-refractivity contribution in [2.45, 2.75) is 32.2 Å². The summed E-state index contributed by atoms with van der Waals surface area (Å²) in [6.45, 7) is 1.87. The first-order chi connectivity index (χ1) is 12.0. The predicted molar refractivity (Wildman–Crippen MR) is 99.8 cm³/mol. The molecule has 0 aliphatic heterocycles. The number of hydrogen-bond acceptors (Lipinski definition) is 3. The third kappa shape index (κ3) is 4.15. The van der Waals surface area contributed by atoms with Crippen molar-refractivity contribution < 1.29 is 9.59 Å². The molecule has 1 aliphatic carbocycles. The van der Waals surface area contributed by atoms with E-state index in [9.17, 15) is 9.59 Å². The lowest BCUT2D eigenvalue weighted by Crippen LogP contribution is -2.34. The van der Waals surface area contributed by atoms with E-state index >= 15 is 0 Å². The van der Waals surface area contributed by atoms with Crippen molar-refractivity contribution in [3.8, 4) is 0 Å². The molecule has 1 N–H and O–H groups in total. The van der Waals surface area contributed by atoms with Gasteiger partial charge in [-0.25, -0.2) is 0 Å². The van der Waals surface area contributed by atoms with Crippen molar-refractivity contribution in [1.82, 2.24) is 4.90 Å². The lowest BCUT2D eigenvalue weighted by molar-refractivity contribution is -0.117. The molecule has 1 atom stereocenters. The van der Waals surface area contributed by atoms with Gasteiger partial charge in [-0.3, -0.25) is 14.5 Å². The number of ketones is 1. The summed E-state index contributed by atoms with van der Waals surface area (Å²) < 4.78 is 0. The second-order valence-electron chi connectivity index (χ2n) is 6.70. The highest BCUT2D eigenvalue weighted by Crippen LogP contribution is 2.33. The van der Waals surface area contributed by atoms with Crippen LogP contribution in [-0.4, -0.2) is 30.2 Å². The number of carbonyl (C=O) groups excluding carboxylic acids is 2. The summed E-state index contributed by atoms with van der Waals surface area (Å²) in [5.74, 6) is -0.0188. The lowest BCUT2D eigenvalue weighted by Gasteiger charge is -2.32. The normalized spacial score (nSPS) is 16.4. The molecule has 2 aromatic rings. The minimum atomic E-state index is -0.0406. The van der Waals surface area contributed by atoms with Crippen molar-refractivity contribution >= 4 is 17.4 Å². The molecule has 0 spiro atoms. The molecule has 0 unspecified atom stereocenters. The second-order valence-corrected chi connectivity index (χ2v) is 6.70. The quantitative estimate of drug-likeness (QED) is 0.844. The van der Waals surface area contributed by atoms with Gasteiger partial charge in [0, 0.05) is 17.3 Å². The lowest BCUT2D eigenvalue weighted by atomic mass is 9.87. The Balaban J connectivity index is 1.62. The maximum absolute atomic E-state index is 12.4. The first kappa shape index (κ1) is 17.4. The zero-order valence-corrected chi connectivity index (χ0v) is 14.8. The minimum absolute atomic E-state index is 0.0218. The molecule has 0 fully saturated rings. The van der Waals surface area contributed by atoms with Crippen LogP contribution in [0.15, 0.2) is 48.5 Å². The van der Waals surface area contributed by atoms with Crippen LogP contribution in [-0.2, 0) is 11.2 Å². The van der Waals surface area contributed by atoms with Crippen LogP contribution in [0.25, 0.3) is 0 Å². The summed E-state index contributed by atoms with van der Waals surface area (Å²) in [6.07, 6.45) is 3.35. The molecule has 0 radical (unpaired) electrons. The van der Waals surface area contributed by atoms with E-state index in [-0.39, 0.29) is 17.7 Å². The van der Waals surface area contributed by atoms with E-state index in [2.05, 4.69) is 34.5 Å². The van der Waals surface area contributed by atoms with Crippen LogP contribution in [0.4, 0.5) is 5.69 Å². The number of anilines is 1. The molecule has 3 rings (SSSR count). The number of carbonyl (C=O) groups is 2. The topological polar surface area (TPSA) is 49.4 Å². The highest BCUT2D eigenvalue weighted by Gasteiger charge is 2.24. The Labute approximate surface area is 148 Å². The van der Waals surface area contributed by atoms with Gasteiger partial charge in [0.15, 0.2) is 5.78 Å². The molecule has 0 heterocycles. The number of likely N-dealkylation sites (N-methyl/N-ethyl adjacent to an activating group) is 1. The van der Waals surface area contributed by atoms with Crippen LogP contribution in [0, 0.1) is 0 Å². The van der Waals surface area contributed by atoms with Gasteiger partial charge in [-0.2, -0.15) is 0 Å². The van der Waals surface area contributed by atoms with E-state index in [1.54, 1.807) is 24.3 Å². The molecule has 25 heavy (non-hydrogen) atoms. The highest BCUT2D eigenvalue weighted by atomic mass is 16.2. The van der Waals surface area contributed by atoms with Gasteiger partial charge in [-0.1, -0.05) is 24.3 Å². The largest absolute Gasteiger partial charge is 0.325 e. The molecule has 1 aliphatic rings. The standard InChI is InChI=1S/C21H24N2O2/c1-15(24)16-10-12-18(13-11-16)22-21(25)14-23(2)20-9-5-7-17-6-3-4-8-19(17)20/h3-4,6,8,10-13,20H,5,7,9,14H2,1-2H3,(H,22,25)/t20-/m0/s1. The van der Waals surface area contributed by atoms with Crippen molar-refractivity contribution in [3.05, 3.63) is 65.2 Å². The Morgan fingerprint density at radius 2 is 1.84 bits per heavy atom. The van der Waals surface area contributed by atoms with Crippen LogP contribution < -0.4 is 5.32 Å². The molecule has 0 saturated carbocycles. The average Bonchev–Trinajstić information content (AvgIpc) is 2.61. The number of amides is 1. The fraction of sp³-hybridized carbons (Fsp3) is 0.333. The van der Waals surface area contributed by atoms with Gasteiger partial charge in [0.25, 0.3) is 0 Å². The maximum Gasteiger partial charge on any atom is 0.238 e. The number of nitrogens with one attached hydrogen (secondary N) is 1. The number of nitrogens with zero attached hydrogens (tertiary/aromatic N) is 1. The van der Waals surface area contributed by atoms with Crippen LogP contribution in [0.2, 0.25) is 0 Å². The summed E-state index contributed by atoms with van der Waals surface area (Å²) in [4.78, 5) is 25.8. The molecular weight excluding hydrogens is 312 g/mol. The minimum Gasteiger partial charge on any atom is -0.325 e. The molecule has 2 aromatic carbocycles. The Hall–Kier alpha value is -2.46. The first-order valence-corrected chi connectivity index (χ1v) is 8.73. The number of rotatable bonds is 5. The monoisotopic (exact) mass is 336 g/mol. The van der Waals surface area contributed by atoms with E-state index < -0.39 is 0 Å². The Morgan fingerprint density at radius 1 is 1.12 bits per heavy atom. The zero-order chi connectivity index (χ0) is 17.8. The van der Waals surface area contributed by atoms with Gasteiger partial charge in [-0.15, -0.1) is 0 Å². The van der Waals surface area contributed by atoms with E-state index in [4.69, 9.17) is 0 Å². The van der Waals surface area contributed by atoms with Gasteiger partial charge >= 0.3 is 0 Å². The second kappa shape index (κ2) is 7.62. The van der Waals surface area contributed by atoms with Crippen molar-refractivity contribution in [2.24, 2.45) is 0 Å².